The molecule has 6 heteroatoms. The number of hydrogen-bond donors (Lipinski definition) is 3. The summed E-state index contributed by atoms with van der Waals surface area (Å²) in [6.45, 7) is 3.58. The zero-order valence-electron chi connectivity index (χ0n) is 9.94. The van der Waals surface area contributed by atoms with Crippen LogP contribution in [-0.4, -0.2) is 28.1 Å². The van der Waals surface area contributed by atoms with Gasteiger partial charge in [0.2, 0.25) is 10.0 Å². The van der Waals surface area contributed by atoms with Crippen molar-refractivity contribution in [1.29, 1.82) is 0 Å². The van der Waals surface area contributed by atoms with Crippen LogP contribution in [0.4, 0.5) is 5.69 Å². The highest BCUT2D eigenvalue weighted by molar-refractivity contribution is 7.89. The van der Waals surface area contributed by atoms with Gasteiger partial charge in [0.15, 0.2) is 0 Å². The molecule has 4 N–H and O–H groups in total. The van der Waals surface area contributed by atoms with Crippen LogP contribution in [0.1, 0.15) is 13.3 Å². The molecule has 0 saturated carbocycles. The van der Waals surface area contributed by atoms with Crippen LogP contribution in [0.2, 0.25) is 0 Å². The van der Waals surface area contributed by atoms with Gasteiger partial charge in [-0.25, -0.2) is 13.1 Å². The van der Waals surface area contributed by atoms with Gasteiger partial charge in [0.1, 0.15) is 0 Å². The summed E-state index contributed by atoms with van der Waals surface area (Å²) in [7, 11) is -3.36. The van der Waals surface area contributed by atoms with Gasteiger partial charge in [-0.05, 0) is 30.7 Å². The Hall–Kier alpha value is -1.11. The lowest BCUT2D eigenvalue weighted by atomic mass is 10.3. The normalized spacial score (nSPS) is 11.4. The van der Waals surface area contributed by atoms with Gasteiger partial charge < -0.3 is 11.1 Å². The van der Waals surface area contributed by atoms with Crippen molar-refractivity contribution < 1.29 is 8.42 Å². The third kappa shape index (κ3) is 4.33. The van der Waals surface area contributed by atoms with Crippen molar-refractivity contribution in [3.8, 4) is 0 Å². The van der Waals surface area contributed by atoms with Crippen molar-refractivity contribution in [2.24, 2.45) is 5.73 Å². The highest BCUT2D eigenvalue weighted by atomic mass is 32.2. The average Bonchev–Trinajstić information content (AvgIpc) is 2.34. The molecule has 17 heavy (non-hydrogen) atoms. The maximum absolute atomic E-state index is 11.8. The average molecular weight is 257 g/mol. The molecule has 0 aromatic heterocycles. The number of sulfonamides is 1. The number of hydrogen-bond acceptors (Lipinski definition) is 4. The van der Waals surface area contributed by atoms with Crippen LogP contribution < -0.4 is 15.8 Å². The molecular formula is C11H19N3O2S. The highest BCUT2D eigenvalue weighted by Crippen LogP contribution is 2.13. The van der Waals surface area contributed by atoms with E-state index in [1.165, 1.54) is 0 Å². The predicted octanol–water partition coefficient (Wildman–Crippen LogP) is 0.746. The fourth-order valence-corrected chi connectivity index (χ4v) is 2.42. The number of nitrogens with two attached hydrogens (primary N) is 1. The maximum Gasteiger partial charge on any atom is 0.240 e. The van der Waals surface area contributed by atoms with Crippen molar-refractivity contribution in [2.75, 3.05) is 25.0 Å². The van der Waals surface area contributed by atoms with E-state index in [9.17, 15) is 8.42 Å². The molecule has 0 spiro atoms. The first-order valence-corrected chi connectivity index (χ1v) is 7.12. The zero-order chi connectivity index (χ0) is 12.7. The van der Waals surface area contributed by atoms with Gasteiger partial charge in [0, 0.05) is 25.3 Å². The van der Waals surface area contributed by atoms with Gasteiger partial charge in [-0.3, -0.25) is 0 Å². The first kappa shape index (κ1) is 14.0. The second-order valence-electron chi connectivity index (χ2n) is 3.64. The summed E-state index contributed by atoms with van der Waals surface area (Å²) in [5, 5.41) is 3.08. The third-order valence-electron chi connectivity index (χ3n) is 2.18. The molecule has 0 aliphatic carbocycles. The quantitative estimate of drug-likeness (QED) is 0.673. The molecule has 0 heterocycles. The Morgan fingerprint density at radius 1 is 1.18 bits per heavy atom. The minimum Gasteiger partial charge on any atom is -0.384 e. The number of benzene rings is 1. The Bertz CT molecular complexity index is 429. The Kier molecular flexibility index (Phi) is 5.40. The maximum atomic E-state index is 11.8. The minimum absolute atomic E-state index is 0.282. The molecule has 1 aromatic rings. The molecule has 96 valence electrons. The summed E-state index contributed by atoms with van der Waals surface area (Å²) in [4.78, 5) is 0.282. The molecule has 5 nitrogen and oxygen atoms in total. The molecule has 0 fully saturated rings. The molecule has 1 aromatic carbocycles. The van der Waals surface area contributed by atoms with E-state index in [-0.39, 0.29) is 4.90 Å². The van der Waals surface area contributed by atoms with E-state index in [1.54, 1.807) is 24.3 Å². The number of anilines is 1. The summed E-state index contributed by atoms with van der Waals surface area (Å²) in [5.41, 5.74) is 6.23. The lowest BCUT2D eigenvalue weighted by molar-refractivity contribution is 0.581. The van der Waals surface area contributed by atoms with Crippen LogP contribution in [-0.2, 0) is 10.0 Å². The van der Waals surface area contributed by atoms with E-state index in [4.69, 9.17) is 5.73 Å². The van der Waals surface area contributed by atoms with Gasteiger partial charge in [0.05, 0.1) is 4.90 Å². The summed E-state index contributed by atoms with van der Waals surface area (Å²) < 4.78 is 26.0. The van der Waals surface area contributed by atoms with E-state index < -0.39 is 10.0 Å². The van der Waals surface area contributed by atoms with E-state index in [0.29, 0.717) is 19.6 Å². The van der Waals surface area contributed by atoms with Crippen molar-refractivity contribution in [3.05, 3.63) is 24.3 Å². The van der Waals surface area contributed by atoms with Gasteiger partial charge in [-0.1, -0.05) is 6.92 Å². The smallest absolute Gasteiger partial charge is 0.240 e. The van der Waals surface area contributed by atoms with Crippen LogP contribution in [0, 0.1) is 0 Å². The monoisotopic (exact) mass is 257 g/mol. The largest absolute Gasteiger partial charge is 0.384 e. The molecule has 0 saturated heterocycles. The van der Waals surface area contributed by atoms with Crippen LogP contribution >= 0.6 is 0 Å². The van der Waals surface area contributed by atoms with Crippen molar-refractivity contribution in [1.82, 2.24) is 4.72 Å². The molecule has 0 atom stereocenters. The Labute approximate surface area is 102 Å². The molecule has 0 aliphatic rings. The Morgan fingerprint density at radius 3 is 2.35 bits per heavy atom. The van der Waals surface area contributed by atoms with Gasteiger partial charge in [0.25, 0.3) is 0 Å². The van der Waals surface area contributed by atoms with Gasteiger partial charge >= 0.3 is 0 Å². The van der Waals surface area contributed by atoms with Crippen LogP contribution in [0.25, 0.3) is 0 Å². The van der Waals surface area contributed by atoms with Crippen molar-refractivity contribution in [2.45, 2.75) is 18.2 Å². The first-order chi connectivity index (χ1) is 8.10. The lowest BCUT2D eigenvalue weighted by Crippen LogP contribution is -2.24. The second-order valence-corrected chi connectivity index (χ2v) is 5.40. The third-order valence-corrected chi connectivity index (χ3v) is 3.66. The lowest BCUT2D eigenvalue weighted by Gasteiger charge is -2.07. The number of nitrogens with one attached hydrogen (secondary N) is 2. The van der Waals surface area contributed by atoms with E-state index in [1.807, 2.05) is 6.92 Å². The van der Waals surface area contributed by atoms with Crippen LogP contribution in [0.15, 0.2) is 29.2 Å². The van der Waals surface area contributed by atoms with E-state index in [0.717, 1.165) is 12.1 Å². The molecule has 0 amide bonds. The summed E-state index contributed by atoms with van der Waals surface area (Å²) >= 11 is 0. The number of rotatable bonds is 7. The Morgan fingerprint density at radius 2 is 1.82 bits per heavy atom. The highest BCUT2D eigenvalue weighted by Gasteiger charge is 2.12. The van der Waals surface area contributed by atoms with E-state index >= 15 is 0 Å². The summed E-state index contributed by atoms with van der Waals surface area (Å²) in [6.07, 6.45) is 0.773. The fraction of sp³-hybridized carbons (Fsp3) is 0.455. The van der Waals surface area contributed by atoms with E-state index in [2.05, 4.69) is 10.0 Å². The standard InChI is InChI=1S/C11H19N3O2S/c1-2-8-14-17(15,16)11-5-3-10(4-6-11)13-9-7-12/h3-6,13-14H,2,7-9,12H2,1H3. The molecule has 1 rings (SSSR count). The molecular weight excluding hydrogens is 238 g/mol. The predicted molar refractivity (Wildman–Crippen MR) is 69.5 cm³/mol. The second kappa shape index (κ2) is 6.58. The molecule has 0 bridgehead atoms. The topological polar surface area (TPSA) is 84.2 Å². The zero-order valence-corrected chi connectivity index (χ0v) is 10.8. The molecule has 0 unspecified atom stereocenters. The van der Waals surface area contributed by atoms with Crippen molar-refractivity contribution in [3.63, 3.8) is 0 Å². The summed E-state index contributed by atoms with van der Waals surface area (Å²) in [6, 6.07) is 6.63. The van der Waals surface area contributed by atoms with Crippen molar-refractivity contribution >= 4 is 15.7 Å². The minimum atomic E-state index is -3.36. The fourth-order valence-electron chi connectivity index (χ4n) is 1.29. The molecule has 0 radical (unpaired) electrons. The first-order valence-electron chi connectivity index (χ1n) is 5.64. The molecule has 0 aliphatic heterocycles. The SMILES string of the molecule is CCCNS(=O)(=O)c1ccc(NCCN)cc1. The van der Waals surface area contributed by atoms with Crippen LogP contribution in [0.3, 0.4) is 0 Å². The Balaban J connectivity index is 2.73. The van der Waals surface area contributed by atoms with Gasteiger partial charge in [-0.15, -0.1) is 0 Å². The summed E-state index contributed by atoms with van der Waals surface area (Å²) in [5.74, 6) is 0. The van der Waals surface area contributed by atoms with Gasteiger partial charge in [-0.2, -0.15) is 0 Å². The van der Waals surface area contributed by atoms with Crippen LogP contribution in [0.5, 0.6) is 0 Å².